The van der Waals surface area contributed by atoms with Crippen molar-refractivity contribution < 1.29 is 4.74 Å². The molecule has 0 aromatic heterocycles. The summed E-state index contributed by atoms with van der Waals surface area (Å²) in [6, 6.07) is 8.94. The van der Waals surface area contributed by atoms with E-state index in [0.717, 1.165) is 12.5 Å². The molecule has 0 amide bonds. The van der Waals surface area contributed by atoms with Gasteiger partial charge in [-0.1, -0.05) is 24.3 Å². The van der Waals surface area contributed by atoms with Gasteiger partial charge in [-0.05, 0) is 29.9 Å². The lowest BCUT2D eigenvalue weighted by Gasteiger charge is -1.98. The summed E-state index contributed by atoms with van der Waals surface area (Å²) >= 11 is 0. The summed E-state index contributed by atoms with van der Waals surface area (Å²) in [6.07, 6.45) is 3.19. The molecule has 0 bridgehead atoms. The molecule has 1 heteroatoms. The summed E-state index contributed by atoms with van der Waals surface area (Å²) in [5, 5.41) is 0. The highest BCUT2D eigenvalue weighted by atomic mass is 16.6. The van der Waals surface area contributed by atoms with Crippen LogP contribution < -0.4 is 0 Å². The molecule has 1 heterocycles. The van der Waals surface area contributed by atoms with Crippen molar-refractivity contribution in [2.45, 2.75) is 24.9 Å². The van der Waals surface area contributed by atoms with E-state index in [1.807, 2.05) is 0 Å². The summed E-state index contributed by atoms with van der Waals surface area (Å²) in [5.41, 5.74) is 2.86. The zero-order chi connectivity index (χ0) is 7.97. The molecule has 1 nitrogen and oxygen atoms in total. The molecule has 1 unspecified atom stereocenters. The van der Waals surface area contributed by atoms with Crippen LogP contribution in [0.15, 0.2) is 24.3 Å². The molecule has 2 aliphatic rings. The Morgan fingerprint density at radius 3 is 2.08 bits per heavy atom. The molecule has 62 valence electrons. The number of hydrogen-bond donors (Lipinski definition) is 0. The van der Waals surface area contributed by atoms with Crippen LogP contribution in [0.3, 0.4) is 0 Å². The van der Waals surface area contributed by atoms with Gasteiger partial charge in [0.25, 0.3) is 0 Å². The van der Waals surface area contributed by atoms with E-state index >= 15 is 0 Å². The normalized spacial score (nSPS) is 27.2. The van der Waals surface area contributed by atoms with Gasteiger partial charge in [-0.3, -0.25) is 0 Å². The Morgan fingerprint density at radius 1 is 1.00 bits per heavy atom. The van der Waals surface area contributed by atoms with Gasteiger partial charge in [0.1, 0.15) is 6.10 Å². The molecule has 0 radical (unpaired) electrons. The lowest BCUT2D eigenvalue weighted by Crippen LogP contribution is -1.82. The van der Waals surface area contributed by atoms with Gasteiger partial charge >= 0.3 is 0 Å². The Labute approximate surface area is 72.4 Å². The highest BCUT2D eigenvalue weighted by molar-refractivity contribution is 5.30. The second kappa shape index (κ2) is 2.33. The first-order valence-corrected chi connectivity index (χ1v) is 4.65. The first-order chi connectivity index (χ1) is 5.93. The van der Waals surface area contributed by atoms with Crippen molar-refractivity contribution in [3.05, 3.63) is 35.4 Å². The molecular formula is C11H12O. The molecule has 1 aliphatic heterocycles. The summed E-state index contributed by atoms with van der Waals surface area (Å²) < 4.78 is 5.21. The highest BCUT2D eigenvalue weighted by Gasteiger charge is 2.26. The molecule has 0 spiro atoms. The predicted octanol–water partition coefficient (Wildman–Crippen LogP) is 2.64. The maximum Gasteiger partial charge on any atom is 0.106 e. The van der Waals surface area contributed by atoms with E-state index in [1.54, 1.807) is 0 Å². The van der Waals surface area contributed by atoms with Gasteiger partial charge in [-0.25, -0.2) is 0 Å². The van der Waals surface area contributed by atoms with E-state index in [0.29, 0.717) is 6.10 Å². The number of benzene rings is 1. The van der Waals surface area contributed by atoms with Gasteiger partial charge in [-0.2, -0.15) is 0 Å². The zero-order valence-corrected chi connectivity index (χ0v) is 6.99. The van der Waals surface area contributed by atoms with E-state index in [9.17, 15) is 0 Å². The van der Waals surface area contributed by atoms with Crippen molar-refractivity contribution in [2.24, 2.45) is 0 Å². The lowest BCUT2D eigenvalue weighted by molar-refractivity contribution is 0.415. The van der Waals surface area contributed by atoms with Gasteiger partial charge in [0.2, 0.25) is 0 Å². The summed E-state index contributed by atoms with van der Waals surface area (Å²) in [7, 11) is 0. The topological polar surface area (TPSA) is 12.5 Å². The summed E-state index contributed by atoms with van der Waals surface area (Å²) in [5.74, 6) is 0.874. The minimum Gasteiger partial charge on any atom is -0.368 e. The van der Waals surface area contributed by atoms with Crippen LogP contribution in [-0.4, -0.2) is 6.61 Å². The minimum absolute atomic E-state index is 0.415. The van der Waals surface area contributed by atoms with Gasteiger partial charge in [-0.15, -0.1) is 0 Å². The molecule has 1 aliphatic carbocycles. The largest absolute Gasteiger partial charge is 0.368 e. The quantitative estimate of drug-likeness (QED) is 0.606. The Bertz CT molecular complexity index is 249. The summed E-state index contributed by atoms with van der Waals surface area (Å²) in [6.45, 7) is 0.919. The number of hydrogen-bond acceptors (Lipinski definition) is 1. The average Bonchev–Trinajstić information content (AvgIpc) is 2.98. The fraction of sp³-hybridized carbons (Fsp3) is 0.455. The first kappa shape index (κ1) is 6.67. The second-order valence-electron chi connectivity index (χ2n) is 3.76. The lowest BCUT2D eigenvalue weighted by atomic mass is 10.1. The van der Waals surface area contributed by atoms with Crippen LogP contribution in [0.4, 0.5) is 0 Å². The SMILES string of the molecule is c1cc(C2CO2)ccc1C1CC1. The Balaban J connectivity index is 1.86. The molecule has 1 saturated heterocycles. The van der Waals surface area contributed by atoms with E-state index < -0.39 is 0 Å². The third-order valence-corrected chi connectivity index (χ3v) is 2.69. The molecule has 12 heavy (non-hydrogen) atoms. The minimum atomic E-state index is 0.415. The molecule has 2 fully saturated rings. The Hall–Kier alpha value is -0.820. The number of rotatable bonds is 2. The smallest absolute Gasteiger partial charge is 0.106 e. The van der Waals surface area contributed by atoms with E-state index in [4.69, 9.17) is 4.74 Å². The van der Waals surface area contributed by atoms with Crippen LogP contribution in [0.5, 0.6) is 0 Å². The maximum atomic E-state index is 5.21. The van der Waals surface area contributed by atoms with Crippen LogP contribution in [0.2, 0.25) is 0 Å². The fourth-order valence-corrected chi connectivity index (χ4v) is 1.64. The van der Waals surface area contributed by atoms with E-state index in [1.165, 1.54) is 24.0 Å². The van der Waals surface area contributed by atoms with E-state index in [-0.39, 0.29) is 0 Å². The van der Waals surface area contributed by atoms with Crippen LogP contribution in [0.25, 0.3) is 0 Å². The summed E-state index contributed by atoms with van der Waals surface area (Å²) in [4.78, 5) is 0. The molecule has 1 saturated carbocycles. The molecule has 1 atom stereocenters. The van der Waals surface area contributed by atoms with Crippen LogP contribution in [-0.2, 0) is 4.74 Å². The van der Waals surface area contributed by atoms with Gasteiger partial charge in [0.05, 0.1) is 6.61 Å². The van der Waals surface area contributed by atoms with Gasteiger partial charge in [0.15, 0.2) is 0 Å². The standard InChI is InChI=1S/C11H12O/c1-2-8(1)9-3-5-10(6-4-9)11-7-12-11/h3-6,8,11H,1-2,7H2. The highest BCUT2D eigenvalue weighted by Crippen LogP contribution is 2.40. The molecular weight excluding hydrogens is 148 g/mol. The van der Waals surface area contributed by atoms with Crippen molar-refractivity contribution in [1.82, 2.24) is 0 Å². The Kier molecular flexibility index (Phi) is 1.30. The second-order valence-corrected chi connectivity index (χ2v) is 3.76. The van der Waals surface area contributed by atoms with Crippen molar-refractivity contribution in [3.63, 3.8) is 0 Å². The van der Waals surface area contributed by atoms with Crippen molar-refractivity contribution >= 4 is 0 Å². The van der Waals surface area contributed by atoms with Crippen molar-refractivity contribution in [2.75, 3.05) is 6.61 Å². The molecule has 1 aromatic carbocycles. The maximum absolute atomic E-state index is 5.21. The molecule has 1 aromatic rings. The third-order valence-electron chi connectivity index (χ3n) is 2.69. The number of ether oxygens (including phenoxy) is 1. The Morgan fingerprint density at radius 2 is 1.58 bits per heavy atom. The van der Waals surface area contributed by atoms with Crippen molar-refractivity contribution in [3.8, 4) is 0 Å². The fourth-order valence-electron chi connectivity index (χ4n) is 1.64. The predicted molar refractivity (Wildman–Crippen MR) is 47.1 cm³/mol. The third kappa shape index (κ3) is 1.14. The van der Waals surface area contributed by atoms with E-state index in [2.05, 4.69) is 24.3 Å². The van der Waals surface area contributed by atoms with Crippen molar-refractivity contribution in [1.29, 1.82) is 0 Å². The monoisotopic (exact) mass is 160 g/mol. The van der Waals surface area contributed by atoms with Gasteiger partial charge < -0.3 is 4.74 Å². The molecule has 3 rings (SSSR count). The van der Waals surface area contributed by atoms with Crippen LogP contribution >= 0.6 is 0 Å². The average molecular weight is 160 g/mol. The number of epoxide rings is 1. The van der Waals surface area contributed by atoms with Gasteiger partial charge in [0, 0.05) is 0 Å². The molecule has 0 N–H and O–H groups in total. The van der Waals surface area contributed by atoms with Crippen LogP contribution in [0.1, 0.15) is 36.0 Å². The first-order valence-electron chi connectivity index (χ1n) is 4.65. The van der Waals surface area contributed by atoms with Crippen LogP contribution in [0, 0.1) is 0 Å². The zero-order valence-electron chi connectivity index (χ0n) is 6.99.